The normalized spacial score (nSPS) is 12.3. The molecule has 3 aromatic rings. The summed E-state index contributed by atoms with van der Waals surface area (Å²) in [6, 6.07) is 9.99. The second-order valence-corrected chi connectivity index (χ2v) is 8.17. The molecule has 0 fully saturated rings. The van der Waals surface area contributed by atoms with Crippen LogP contribution < -0.4 is 10.9 Å². The van der Waals surface area contributed by atoms with E-state index in [9.17, 15) is 9.59 Å². The highest BCUT2D eigenvalue weighted by Gasteiger charge is 2.19. The first-order valence-electron chi connectivity index (χ1n) is 10.0. The molecule has 1 atom stereocenters. The molecule has 0 saturated heterocycles. The van der Waals surface area contributed by atoms with E-state index < -0.39 is 0 Å². The van der Waals surface area contributed by atoms with E-state index in [1.165, 1.54) is 11.8 Å². The Hall–Kier alpha value is -2.58. The van der Waals surface area contributed by atoms with Gasteiger partial charge in [-0.15, -0.1) is 0 Å². The molecule has 0 radical (unpaired) electrons. The number of hydrogen-bond donors (Lipinski definition) is 1. The number of amides is 1. The van der Waals surface area contributed by atoms with Gasteiger partial charge in [-0.2, -0.15) is 0 Å². The van der Waals surface area contributed by atoms with Crippen molar-refractivity contribution in [3.63, 3.8) is 0 Å². The molecule has 0 aliphatic rings. The summed E-state index contributed by atoms with van der Waals surface area (Å²) in [5.74, 6) is 0.126. The Kier molecular flexibility index (Phi) is 7.33. The van der Waals surface area contributed by atoms with Crippen LogP contribution in [-0.2, 0) is 23.1 Å². The molecule has 0 spiro atoms. The predicted octanol–water partition coefficient (Wildman–Crippen LogP) is 3.06. The van der Waals surface area contributed by atoms with E-state index in [4.69, 9.17) is 9.72 Å². The lowest BCUT2D eigenvalue weighted by atomic mass is 10.1. The standard InChI is InChI=1S/C22H28N4O3S/c1-5-15(2)23-18(27)14-30-22-24-19-17(16-9-7-6-8-10-16)13-25(3)20(19)21(28)26(22)11-12-29-4/h6-10,13,15H,5,11-12,14H2,1-4H3,(H,23,27)/t15-/m0/s1. The Morgan fingerprint density at radius 3 is 2.70 bits per heavy atom. The summed E-state index contributed by atoms with van der Waals surface area (Å²) < 4.78 is 8.60. The molecule has 7 nitrogen and oxygen atoms in total. The number of aryl methyl sites for hydroxylation is 1. The van der Waals surface area contributed by atoms with E-state index in [0.717, 1.165) is 17.5 Å². The van der Waals surface area contributed by atoms with Gasteiger partial charge in [0.25, 0.3) is 5.56 Å². The molecule has 2 aromatic heterocycles. The van der Waals surface area contributed by atoms with Crippen LogP contribution in [0.2, 0.25) is 0 Å². The Balaban J connectivity index is 2.05. The first-order valence-corrected chi connectivity index (χ1v) is 11.0. The molecule has 0 saturated carbocycles. The van der Waals surface area contributed by atoms with Gasteiger partial charge in [-0.1, -0.05) is 49.0 Å². The Bertz CT molecular complexity index is 1080. The van der Waals surface area contributed by atoms with Crippen molar-refractivity contribution in [3.8, 4) is 11.1 Å². The van der Waals surface area contributed by atoms with Crippen LogP contribution in [0.4, 0.5) is 0 Å². The lowest BCUT2D eigenvalue weighted by molar-refractivity contribution is -0.119. The summed E-state index contributed by atoms with van der Waals surface area (Å²) in [6.45, 7) is 4.75. The third-order valence-electron chi connectivity index (χ3n) is 5.00. The largest absolute Gasteiger partial charge is 0.383 e. The van der Waals surface area contributed by atoms with Crippen molar-refractivity contribution in [3.05, 3.63) is 46.9 Å². The van der Waals surface area contributed by atoms with Crippen LogP contribution in [-0.4, -0.2) is 45.5 Å². The Morgan fingerprint density at radius 1 is 1.30 bits per heavy atom. The van der Waals surface area contributed by atoms with Crippen LogP contribution >= 0.6 is 11.8 Å². The number of nitrogens with one attached hydrogen (secondary N) is 1. The van der Waals surface area contributed by atoms with Crippen molar-refractivity contribution in [2.45, 2.75) is 38.0 Å². The predicted molar refractivity (Wildman–Crippen MR) is 121 cm³/mol. The van der Waals surface area contributed by atoms with Crippen molar-refractivity contribution < 1.29 is 9.53 Å². The maximum absolute atomic E-state index is 13.3. The lowest BCUT2D eigenvalue weighted by Gasteiger charge is -2.14. The third-order valence-corrected chi connectivity index (χ3v) is 5.97. The molecule has 8 heteroatoms. The number of rotatable bonds is 9. The first kappa shape index (κ1) is 22.1. The zero-order valence-corrected chi connectivity index (χ0v) is 18.7. The SMILES string of the molecule is CC[C@H](C)NC(=O)CSc1nc2c(-c3ccccc3)cn(C)c2c(=O)n1CCOC. The molecule has 30 heavy (non-hydrogen) atoms. The number of aromatic nitrogens is 3. The Morgan fingerprint density at radius 2 is 2.03 bits per heavy atom. The molecular formula is C22H28N4O3S. The number of nitrogens with zero attached hydrogens (tertiary/aromatic N) is 3. The number of methoxy groups -OCH3 is 1. The van der Waals surface area contributed by atoms with E-state index in [1.54, 1.807) is 11.7 Å². The van der Waals surface area contributed by atoms with Crippen LogP contribution in [0.1, 0.15) is 20.3 Å². The zero-order chi connectivity index (χ0) is 21.7. The molecular weight excluding hydrogens is 400 g/mol. The molecule has 2 heterocycles. The number of carbonyl (C=O) groups is 1. The molecule has 1 amide bonds. The van der Waals surface area contributed by atoms with Crippen molar-refractivity contribution in [1.82, 2.24) is 19.4 Å². The highest BCUT2D eigenvalue weighted by atomic mass is 32.2. The molecule has 0 aliphatic carbocycles. The average molecular weight is 429 g/mol. The monoisotopic (exact) mass is 428 g/mol. The summed E-state index contributed by atoms with van der Waals surface area (Å²) >= 11 is 1.28. The van der Waals surface area contributed by atoms with Gasteiger partial charge >= 0.3 is 0 Å². The summed E-state index contributed by atoms with van der Waals surface area (Å²) in [4.78, 5) is 30.4. The number of benzene rings is 1. The fourth-order valence-electron chi connectivity index (χ4n) is 3.22. The minimum Gasteiger partial charge on any atom is -0.383 e. The van der Waals surface area contributed by atoms with Gasteiger partial charge in [0.1, 0.15) is 11.0 Å². The summed E-state index contributed by atoms with van der Waals surface area (Å²) in [5.41, 5.74) is 2.95. The van der Waals surface area contributed by atoms with Crippen LogP contribution in [0, 0.1) is 0 Å². The van der Waals surface area contributed by atoms with Crippen molar-refractivity contribution >= 4 is 28.7 Å². The quantitative estimate of drug-likeness (QED) is 0.419. The molecule has 3 rings (SSSR count). The van der Waals surface area contributed by atoms with E-state index >= 15 is 0 Å². The van der Waals surface area contributed by atoms with Gasteiger partial charge in [0.05, 0.1) is 18.9 Å². The summed E-state index contributed by atoms with van der Waals surface area (Å²) in [7, 11) is 3.45. The fourth-order valence-corrected chi connectivity index (χ4v) is 4.05. The minimum atomic E-state index is -0.133. The van der Waals surface area contributed by atoms with Crippen molar-refractivity contribution in [1.29, 1.82) is 0 Å². The molecule has 1 aromatic carbocycles. The van der Waals surface area contributed by atoms with E-state index in [0.29, 0.717) is 29.3 Å². The highest BCUT2D eigenvalue weighted by Crippen LogP contribution is 2.29. The Labute approximate surface area is 180 Å². The molecule has 0 unspecified atom stereocenters. The lowest BCUT2D eigenvalue weighted by Crippen LogP contribution is -2.33. The molecule has 0 aliphatic heterocycles. The number of fused-ring (bicyclic) bond motifs is 1. The number of thioether (sulfide) groups is 1. The maximum atomic E-state index is 13.3. The van der Waals surface area contributed by atoms with Gasteiger partial charge in [-0.3, -0.25) is 14.2 Å². The maximum Gasteiger partial charge on any atom is 0.278 e. The fraction of sp³-hybridized carbons (Fsp3) is 0.409. The number of hydrogen-bond acceptors (Lipinski definition) is 5. The summed E-state index contributed by atoms with van der Waals surface area (Å²) in [6.07, 6.45) is 2.79. The highest BCUT2D eigenvalue weighted by molar-refractivity contribution is 7.99. The van der Waals surface area contributed by atoms with Crippen molar-refractivity contribution in [2.75, 3.05) is 19.5 Å². The van der Waals surface area contributed by atoms with E-state index in [-0.39, 0.29) is 23.3 Å². The van der Waals surface area contributed by atoms with Crippen LogP contribution in [0.5, 0.6) is 0 Å². The average Bonchev–Trinajstić information content (AvgIpc) is 3.08. The van der Waals surface area contributed by atoms with Gasteiger partial charge in [-0.05, 0) is 18.9 Å². The van der Waals surface area contributed by atoms with Crippen LogP contribution in [0.25, 0.3) is 22.2 Å². The third kappa shape index (κ3) is 4.76. The molecule has 1 N–H and O–H groups in total. The van der Waals surface area contributed by atoms with Gasteiger partial charge in [-0.25, -0.2) is 4.98 Å². The van der Waals surface area contributed by atoms with Gasteiger partial charge < -0.3 is 14.6 Å². The van der Waals surface area contributed by atoms with Crippen LogP contribution in [0.3, 0.4) is 0 Å². The zero-order valence-electron chi connectivity index (χ0n) is 17.8. The van der Waals surface area contributed by atoms with E-state index in [2.05, 4.69) is 5.32 Å². The van der Waals surface area contributed by atoms with Gasteiger partial charge in [0.15, 0.2) is 5.16 Å². The topological polar surface area (TPSA) is 78.2 Å². The second-order valence-electron chi connectivity index (χ2n) is 7.23. The van der Waals surface area contributed by atoms with Gasteiger partial charge in [0.2, 0.25) is 5.91 Å². The number of carbonyl (C=O) groups excluding carboxylic acids is 1. The molecule has 0 bridgehead atoms. The van der Waals surface area contributed by atoms with Crippen molar-refractivity contribution in [2.24, 2.45) is 7.05 Å². The molecule has 160 valence electrons. The number of ether oxygens (including phenoxy) is 1. The minimum absolute atomic E-state index is 0.0710. The van der Waals surface area contributed by atoms with Crippen LogP contribution in [0.15, 0.2) is 46.5 Å². The van der Waals surface area contributed by atoms with Gasteiger partial charge in [0, 0.05) is 32.0 Å². The summed E-state index contributed by atoms with van der Waals surface area (Å²) in [5, 5.41) is 3.47. The first-order chi connectivity index (χ1) is 14.5. The smallest absolute Gasteiger partial charge is 0.278 e. The van der Waals surface area contributed by atoms with E-state index in [1.807, 2.05) is 62.0 Å². The second kappa shape index (κ2) is 9.95.